The minimum Gasteiger partial charge on any atom is -0.381 e. The number of anilines is 1. The number of fused-ring (bicyclic) bond motifs is 1. The molecule has 6 heteroatoms. The molecule has 2 aliphatic rings. The fraction of sp³-hybridized carbons (Fsp3) is 0.619. The average molecular weight is 373 g/mol. The summed E-state index contributed by atoms with van der Waals surface area (Å²) < 4.78 is 5.65. The van der Waals surface area contributed by atoms with Crippen LogP contribution >= 0.6 is 0 Å². The molecule has 1 heterocycles. The molecule has 2 N–H and O–H groups in total. The molecule has 0 radical (unpaired) electrons. The lowest BCUT2D eigenvalue weighted by molar-refractivity contribution is -0.117. The summed E-state index contributed by atoms with van der Waals surface area (Å²) in [6.07, 6.45) is 5.63. The first kappa shape index (κ1) is 19.7. The summed E-state index contributed by atoms with van der Waals surface area (Å²) in [7, 11) is 0. The van der Waals surface area contributed by atoms with Gasteiger partial charge in [0, 0.05) is 38.5 Å². The van der Waals surface area contributed by atoms with Gasteiger partial charge < -0.3 is 20.3 Å². The molecule has 1 aliphatic carbocycles. The van der Waals surface area contributed by atoms with Gasteiger partial charge in [0.2, 0.25) is 5.91 Å². The number of aliphatic imine (C=N–C) groups is 1. The highest BCUT2D eigenvalue weighted by Crippen LogP contribution is 2.28. The monoisotopic (exact) mass is 372 g/mol. The molecule has 27 heavy (non-hydrogen) atoms. The molecule has 0 unspecified atom stereocenters. The van der Waals surface area contributed by atoms with Crippen molar-refractivity contribution in [3.8, 4) is 0 Å². The van der Waals surface area contributed by atoms with Crippen molar-refractivity contribution >= 4 is 17.6 Å². The number of hydrogen-bond donors (Lipinski definition) is 2. The van der Waals surface area contributed by atoms with Crippen molar-refractivity contribution in [1.82, 2.24) is 10.6 Å². The number of guanidine groups is 1. The van der Waals surface area contributed by atoms with E-state index in [1.807, 2.05) is 30.0 Å². The van der Waals surface area contributed by atoms with Gasteiger partial charge in [-0.15, -0.1) is 0 Å². The normalized spacial score (nSPS) is 16.8. The van der Waals surface area contributed by atoms with Crippen molar-refractivity contribution in [3.63, 3.8) is 0 Å². The molecule has 1 aliphatic heterocycles. The Bertz CT molecular complexity index is 643. The maximum Gasteiger partial charge on any atom is 0.248 e. The number of ether oxygens (including phenoxy) is 1. The SMILES string of the molecule is CCNC(=NCC(=O)N1CCCc2ccccc21)NCCCOCC1CC1. The zero-order valence-corrected chi connectivity index (χ0v) is 16.4. The molecule has 148 valence electrons. The number of para-hydroxylation sites is 1. The van der Waals surface area contributed by atoms with E-state index in [4.69, 9.17) is 4.74 Å². The number of carbonyl (C=O) groups excluding carboxylic acids is 1. The smallest absolute Gasteiger partial charge is 0.248 e. The van der Waals surface area contributed by atoms with E-state index in [9.17, 15) is 4.79 Å². The largest absolute Gasteiger partial charge is 0.381 e. The van der Waals surface area contributed by atoms with Crippen molar-refractivity contribution in [3.05, 3.63) is 29.8 Å². The lowest BCUT2D eigenvalue weighted by Gasteiger charge is -2.29. The molecule has 1 aromatic rings. The highest BCUT2D eigenvalue weighted by molar-refractivity contribution is 5.97. The van der Waals surface area contributed by atoms with Gasteiger partial charge in [-0.3, -0.25) is 4.79 Å². The van der Waals surface area contributed by atoms with E-state index < -0.39 is 0 Å². The fourth-order valence-corrected chi connectivity index (χ4v) is 3.28. The maximum absolute atomic E-state index is 12.7. The Morgan fingerprint density at radius 2 is 2.15 bits per heavy atom. The summed E-state index contributed by atoms with van der Waals surface area (Å²) in [5.41, 5.74) is 2.28. The van der Waals surface area contributed by atoms with Crippen LogP contribution in [0, 0.1) is 5.92 Å². The maximum atomic E-state index is 12.7. The Morgan fingerprint density at radius 3 is 2.96 bits per heavy atom. The second-order valence-electron chi connectivity index (χ2n) is 7.27. The predicted octanol–water partition coefficient (Wildman–Crippen LogP) is 2.34. The number of amides is 1. The van der Waals surface area contributed by atoms with Crippen LogP contribution in [0.4, 0.5) is 5.69 Å². The van der Waals surface area contributed by atoms with Crippen LogP contribution in [0.5, 0.6) is 0 Å². The summed E-state index contributed by atoms with van der Waals surface area (Å²) in [4.78, 5) is 19.1. The van der Waals surface area contributed by atoms with Crippen LogP contribution in [-0.2, 0) is 16.0 Å². The zero-order chi connectivity index (χ0) is 18.9. The van der Waals surface area contributed by atoms with Crippen molar-refractivity contribution in [1.29, 1.82) is 0 Å². The molecule has 0 bridgehead atoms. The highest BCUT2D eigenvalue weighted by Gasteiger charge is 2.22. The first-order valence-electron chi connectivity index (χ1n) is 10.3. The zero-order valence-electron chi connectivity index (χ0n) is 16.4. The van der Waals surface area contributed by atoms with E-state index in [2.05, 4.69) is 21.7 Å². The second-order valence-corrected chi connectivity index (χ2v) is 7.27. The molecule has 1 aromatic carbocycles. The minimum atomic E-state index is 0.0483. The quantitative estimate of drug-likeness (QED) is 0.397. The van der Waals surface area contributed by atoms with Gasteiger partial charge in [-0.25, -0.2) is 4.99 Å². The van der Waals surface area contributed by atoms with Crippen LogP contribution in [0.1, 0.15) is 38.2 Å². The third-order valence-corrected chi connectivity index (χ3v) is 4.94. The van der Waals surface area contributed by atoms with E-state index >= 15 is 0 Å². The number of nitrogens with zero attached hydrogens (tertiary/aromatic N) is 2. The molecular weight excluding hydrogens is 340 g/mol. The van der Waals surface area contributed by atoms with E-state index in [-0.39, 0.29) is 12.5 Å². The molecule has 3 rings (SSSR count). The van der Waals surface area contributed by atoms with Gasteiger partial charge in [0.25, 0.3) is 0 Å². The molecule has 0 spiro atoms. The minimum absolute atomic E-state index is 0.0483. The number of carbonyl (C=O) groups is 1. The van der Waals surface area contributed by atoms with Crippen LogP contribution in [0.3, 0.4) is 0 Å². The predicted molar refractivity (Wildman–Crippen MR) is 109 cm³/mol. The molecule has 0 atom stereocenters. The Hall–Kier alpha value is -2.08. The molecule has 1 amide bonds. The summed E-state index contributed by atoms with van der Waals surface area (Å²) in [6.45, 7) is 6.18. The van der Waals surface area contributed by atoms with Crippen LogP contribution in [-0.4, -0.2) is 51.3 Å². The third-order valence-electron chi connectivity index (χ3n) is 4.94. The van der Waals surface area contributed by atoms with Gasteiger partial charge in [-0.1, -0.05) is 18.2 Å². The molecule has 1 fully saturated rings. The van der Waals surface area contributed by atoms with E-state index in [0.29, 0.717) is 5.96 Å². The standard InChI is InChI=1S/C21H32N4O2/c1-2-22-21(23-12-6-14-27-16-17-10-11-17)24-15-20(26)25-13-5-8-18-7-3-4-9-19(18)25/h3-4,7,9,17H,2,5-6,8,10-16H2,1H3,(H2,22,23,24). The lowest BCUT2D eigenvalue weighted by atomic mass is 10.0. The van der Waals surface area contributed by atoms with Crippen molar-refractivity contribution in [2.24, 2.45) is 10.9 Å². The number of benzene rings is 1. The number of rotatable bonds is 9. The van der Waals surface area contributed by atoms with Gasteiger partial charge in [-0.05, 0) is 56.6 Å². The summed E-state index contributed by atoms with van der Waals surface area (Å²) in [6, 6.07) is 8.16. The summed E-state index contributed by atoms with van der Waals surface area (Å²) in [5.74, 6) is 1.55. The van der Waals surface area contributed by atoms with Crippen LogP contribution < -0.4 is 15.5 Å². The highest BCUT2D eigenvalue weighted by atomic mass is 16.5. The van der Waals surface area contributed by atoms with E-state index in [0.717, 1.165) is 63.7 Å². The van der Waals surface area contributed by atoms with E-state index in [1.165, 1.54) is 18.4 Å². The molecule has 0 saturated heterocycles. The first-order valence-corrected chi connectivity index (χ1v) is 10.3. The molecule has 6 nitrogen and oxygen atoms in total. The van der Waals surface area contributed by atoms with E-state index in [1.54, 1.807) is 0 Å². The topological polar surface area (TPSA) is 66.0 Å². The molecular formula is C21H32N4O2. The number of nitrogens with one attached hydrogen (secondary N) is 2. The van der Waals surface area contributed by atoms with Crippen molar-refractivity contribution in [2.75, 3.05) is 44.3 Å². The van der Waals surface area contributed by atoms with Crippen LogP contribution in [0.25, 0.3) is 0 Å². The Balaban J connectivity index is 1.45. The first-order chi connectivity index (χ1) is 13.3. The lowest BCUT2D eigenvalue weighted by Crippen LogP contribution is -2.41. The third kappa shape index (κ3) is 6.24. The van der Waals surface area contributed by atoms with Gasteiger partial charge in [0.1, 0.15) is 6.54 Å². The number of aryl methyl sites for hydroxylation is 1. The van der Waals surface area contributed by atoms with Gasteiger partial charge in [0.05, 0.1) is 0 Å². The van der Waals surface area contributed by atoms with Crippen LogP contribution in [0.2, 0.25) is 0 Å². The molecule has 0 aromatic heterocycles. The average Bonchev–Trinajstić information content (AvgIpc) is 3.52. The Kier molecular flexibility index (Phi) is 7.51. The second kappa shape index (κ2) is 10.3. The Labute approximate surface area is 162 Å². The Morgan fingerprint density at radius 1 is 1.30 bits per heavy atom. The summed E-state index contributed by atoms with van der Waals surface area (Å²) >= 11 is 0. The van der Waals surface area contributed by atoms with Gasteiger partial charge >= 0.3 is 0 Å². The fourth-order valence-electron chi connectivity index (χ4n) is 3.28. The van der Waals surface area contributed by atoms with Crippen LogP contribution in [0.15, 0.2) is 29.3 Å². The van der Waals surface area contributed by atoms with Gasteiger partial charge in [-0.2, -0.15) is 0 Å². The number of hydrogen-bond acceptors (Lipinski definition) is 3. The van der Waals surface area contributed by atoms with Crippen molar-refractivity contribution < 1.29 is 9.53 Å². The van der Waals surface area contributed by atoms with Crippen molar-refractivity contribution in [2.45, 2.75) is 39.0 Å². The molecule has 1 saturated carbocycles. The van der Waals surface area contributed by atoms with Gasteiger partial charge in [0.15, 0.2) is 5.96 Å². The summed E-state index contributed by atoms with van der Waals surface area (Å²) in [5, 5.41) is 6.50.